The molecule has 8 heteroatoms. The molecule has 4 aromatic rings. The largest absolute Gasteiger partial charge is 0.390 e. The monoisotopic (exact) mass is 430 g/mol. The number of anilines is 1. The van der Waals surface area contributed by atoms with E-state index in [9.17, 15) is 19.1 Å². The highest BCUT2D eigenvalue weighted by atomic mass is 19.1. The van der Waals surface area contributed by atoms with Crippen molar-refractivity contribution in [3.8, 4) is 0 Å². The van der Waals surface area contributed by atoms with Crippen LogP contribution in [0.4, 0.5) is 10.1 Å². The van der Waals surface area contributed by atoms with Crippen LogP contribution in [-0.4, -0.2) is 32.4 Å². The molecule has 0 saturated carbocycles. The van der Waals surface area contributed by atoms with Crippen molar-refractivity contribution in [1.29, 1.82) is 0 Å². The molecular weight excluding hydrogens is 411 g/mol. The number of halogens is 1. The summed E-state index contributed by atoms with van der Waals surface area (Å²) in [6, 6.07) is 16.0. The third-order valence-electron chi connectivity index (χ3n) is 5.62. The Bertz CT molecular complexity index is 1350. The Kier molecular flexibility index (Phi) is 4.91. The molecule has 3 N–H and O–H groups in total. The SMILES string of the molecule is O=C(N[C@H]1c2ccccc2C[C@@H]1O)c1ccc(F)c(NC(=O)c2cnc3ccccn23)c1. The Balaban J connectivity index is 1.37. The van der Waals surface area contributed by atoms with Gasteiger partial charge in [-0.05, 0) is 41.5 Å². The molecule has 0 fully saturated rings. The Hall–Kier alpha value is -4.04. The van der Waals surface area contributed by atoms with E-state index in [1.807, 2.05) is 24.3 Å². The predicted molar refractivity (Wildman–Crippen MR) is 116 cm³/mol. The van der Waals surface area contributed by atoms with E-state index in [0.29, 0.717) is 12.1 Å². The Morgan fingerprint density at radius 1 is 1.06 bits per heavy atom. The van der Waals surface area contributed by atoms with Crippen LogP contribution < -0.4 is 10.6 Å². The van der Waals surface area contributed by atoms with Crippen molar-refractivity contribution in [3.63, 3.8) is 0 Å². The van der Waals surface area contributed by atoms with E-state index in [2.05, 4.69) is 15.6 Å². The van der Waals surface area contributed by atoms with Crippen molar-refractivity contribution in [2.45, 2.75) is 18.6 Å². The van der Waals surface area contributed by atoms with Crippen molar-refractivity contribution in [2.75, 3.05) is 5.32 Å². The maximum atomic E-state index is 14.4. The lowest BCUT2D eigenvalue weighted by Gasteiger charge is -2.18. The molecule has 1 aliphatic carbocycles. The number of amides is 2. The first-order valence-electron chi connectivity index (χ1n) is 10.1. The molecule has 1 aliphatic rings. The Morgan fingerprint density at radius 2 is 1.88 bits per heavy atom. The van der Waals surface area contributed by atoms with Crippen LogP contribution in [0.25, 0.3) is 5.65 Å². The van der Waals surface area contributed by atoms with Crippen LogP contribution in [0.15, 0.2) is 73.1 Å². The van der Waals surface area contributed by atoms with Gasteiger partial charge in [-0.25, -0.2) is 9.37 Å². The molecule has 7 nitrogen and oxygen atoms in total. The molecule has 2 aromatic carbocycles. The van der Waals surface area contributed by atoms with Crippen LogP contribution in [0, 0.1) is 5.82 Å². The predicted octanol–water partition coefficient (Wildman–Crippen LogP) is 3.11. The van der Waals surface area contributed by atoms with Gasteiger partial charge < -0.3 is 15.7 Å². The topological polar surface area (TPSA) is 95.7 Å². The normalized spacial score (nSPS) is 17.2. The number of benzene rings is 2. The molecule has 0 bridgehead atoms. The summed E-state index contributed by atoms with van der Waals surface area (Å²) in [6.45, 7) is 0. The van der Waals surface area contributed by atoms with Gasteiger partial charge in [0.1, 0.15) is 17.2 Å². The zero-order valence-electron chi connectivity index (χ0n) is 16.8. The van der Waals surface area contributed by atoms with Crippen LogP contribution in [0.1, 0.15) is 38.0 Å². The zero-order chi connectivity index (χ0) is 22.2. The number of nitrogens with one attached hydrogen (secondary N) is 2. The molecule has 32 heavy (non-hydrogen) atoms. The highest BCUT2D eigenvalue weighted by Crippen LogP contribution is 2.31. The van der Waals surface area contributed by atoms with Crippen LogP contribution in [-0.2, 0) is 6.42 Å². The molecule has 5 rings (SSSR count). The average Bonchev–Trinajstić information content (AvgIpc) is 3.36. The second-order valence-electron chi connectivity index (χ2n) is 7.64. The first-order valence-corrected chi connectivity index (χ1v) is 10.1. The number of aliphatic hydroxyl groups excluding tert-OH is 1. The van der Waals surface area contributed by atoms with Crippen LogP contribution in [0.2, 0.25) is 0 Å². The molecule has 0 aliphatic heterocycles. The summed E-state index contributed by atoms with van der Waals surface area (Å²) in [6.07, 6.45) is 2.79. The second-order valence-corrected chi connectivity index (χ2v) is 7.64. The third-order valence-corrected chi connectivity index (χ3v) is 5.62. The molecule has 2 atom stereocenters. The fraction of sp³-hybridized carbons (Fsp3) is 0.125. The van der Waals surface area contributed by atoms with E-state index in [1.54, 1.807) is 28.8 Å². The quantitative estimate of drug-likeness (QED) is 0.464. The maximum absolute atomic E-state index is 14.4. The van der Waals surface area contributed by atoms with E-state index in [4.69, 9.17) is 0 Å². The number of hydrogen-bond donors (Lipinski definition) is 3. The number of nitrogens with zero attached hydrogens (tertiary/aromatic N) is 2. The summed E-state index contributed by atoms with van der Waals surface area (Å²) in [5.74, 6) is -1.70. The summed E-state index contributed by atoms with van der Waals surface area (Å²) < 4.78 is 16.0. The number of rotatable bonds is 4. The van der Waals surface area contributed by atoms with Gasteiger partial charge in [-0.3, -0.25) is 14.0 Å². The fourth-order valence-corrected chi connectivity index (χ4v) is 4.02. The third kappa shape index (κ3) is 3.50. The van der Waals surface area contributed by atoms with Gasteiger partial charge in [0.25, 0.3) is 11.8 Å². The number of hydrogen-bond acceptors (Lipinski definition) is 4. The number of aromatic nitrogens is 2. The molecule has 0 saturated heterocycles. The van der Waals surface area contributed by atoms with Crippen molar-refractivity contribution in [2.24, 2.45) is 0 Å². The number of imidazole rings is 1. The first kappa shape index (κ1) is 19.9. The molecule has 0 spiro atoms. The van der Waals surface area contributed by atoms with Crippen LogP contribution >= 0.6 is 0 Å². The van der Waals surface area contributed by atoms with Gasteiger partial charge in [-0.2, -0.15) is 0 Å². The fourth-order valence-electron chi connectivity index (χ4n) is 4.02. The highest BCUT2D eigenvalue weighted by Gasteiger charge is 2.32. The van der Waals surface area contributed by atoms with Crippen molar-refractivity contribution >= 4 is 23.1 Å². The second kappa shape index (κ2) is 7.90. The first-order chi connectivity index (χ1) is 15.5. The lowest BCUT2D eigenvalue weighted by molar-refractivity contribution is 0.0857. The molecule has 2 heterocycles. The van der Waals surface area contributed by atoms with Gasteiger partial charge in [-0.15, -0.1) is 0 Å². The summed E-state index contributed by atoms with van der Waals surface area (Å²) in [4.78, 5) is 29.7. The van der Waals surface area contributed by atoms with Gasteiger partial charge in [-0.1, -0.05) is 30.3 Å². The lowest BCUT2D eigenvalue weighted by atomic mass is 10.1. The summed E-state index contributed by atoms with van der Waals surface area (Å²) >= 11 is 0. The summed E-state index contributed by atoms with van der Waals surface area (Å²) in [5, 5.41) is 15.7. The number of carbonyl (C=O) groups is 2. The van der Waals surface area contributed by atoms with Gasteiger partial charge in [0.15, 0.2) is 0 Å². The standard InChI is InChI=1S/C24H19FN4O3/c25-17-9-8-15(23(31)28-22-16-6-2-1-5-14(16)12-20(22)30)11-18(17)27-24(32)19-13-26-21-7-3-4-10-29(19)21/h1-11,13,20,22,30H,12H2,(H,27,32)(H,28,31)/t20-,22-/m0/s1. The molecule has 0 radical (unpaired) electrons. The maximum Gasteiger partial charge on any atom is 0.274 e. The van der Waals surface area contributed by atoms with Crippen molar-refractivity contribution in [1.82, 2.24) is 14.7 Å². The molecule has 160 valence electrons. The Morgan fingerprint density at radius 3 is 2.75 bits per heavy atom. The average molecular weight is 430 g/mol. The molecule has 2 aromatic heterocycles. The Labute approximate surface area is 182 Å². The van der Waals surface area contributed by atoms with Gasteiger partial charge >= 0.3 is 0 Å². The van der Waals surface area contributed by atoms with Crippen LogP contribution in [0.5, 0.6) is 0 Å². The smallest absolute Gasteiger partial charge is 0.274 e. The number of carbonyl (C=O) groups excluding carboxylic acids is 2. The van der Waals surface area contributed by atoms with Crippen molar-refractivity contribution in [3.05, 3.63) is 101 Å². The lowest BCUT2D eigenvalue weighted by Crippen LogP contribution is -2.34. The summed E-state index contributed by atoms with van der Waals surface area (Å²) in [7, 11) is 0. The minimum absolute atomic E-state index is 0.124. The minimum Gasteiger partial charge on any atom is -0.390 e. The highest BCUT2D eigenvalue weighted by molar-refractivity contribution is 6.04. The van der Waals surface area contributed by atoms with E-state index in [-0.39, 0.29) is 16.9 Å². The van der Waals surface area contributed by atoms with Gasteiger partial charge in [0, 0.05) is 18.2 Å². The molecule has 2 amide bonds. The summed E-state index contributed by atoms with van der Waals surface area (Å²) in [5.41, 5.74) is 2.70. The number of pyridine rings is 1. The van der Waals surface area contributed by atoms with Crippen molar-refractivity contribution < 1.29 is 19.1 Å². The number of aliphatic hydroxyl groups is 1. The van der Waals surface area contributed by atoms with E-state index >= 15 is 0 Å². The van der Waals surface area contributed by atoms with E-state index < -0.39 is 29.8 Å². The van der Waals surface area contributed by atoms with Crippen LogP contribution in [0.3, 0.4) is 0 Å². The van der Waals surface area contributed by atoms with Gasteiger partial charge in [0.2, 0.25) is 0 Å². The minimum atomic E-state index is -0.744. The number of fused-ring (bicyclic) bond motifs is 2. The molecule has 0 unspecified atom stereocenters. The van der Waals surface area contributed by atoms with Gasteiger partial charge in [0.05, 0.1) is 24.0 Å². The van der Waals surface area contributed by atoms with E-state index in [1.165, 1.54) is 18.3 Å². The molecular formula is C24H19FN4O3. The van der Waals surface area contributed by atoms with E-state index in [0.717, 1.165) is 17.2 Å². The zero-order valence-corrected chi connectivity index (χ0v) is 16.8.